The zero-order valence-electron chi connectivity index (χ0n) is 16.6. The highest BCUT2D eigenvalue weighted by atomic mass is 32.2. The summed E-state index contributed by atoms with van der Waals surface area (Å²) in [4.78, 5) is 12.6. The van der Waals surface area contributed by atoms with Crippen LogP contribution in [-0.2, 0) is 21.3 Å². The first-order valence-electron chi connectivity index (χ1n) is 8.61. The summed E-state index contributed by atoms with van der Waals surface area (Å²) in [5, 5.41) is 10.8. The molecular weight excluding hydrogens is 348 g/mol. The molecule has 1 aromatic carbocycles. The molecule has 1 heterocycles. The minimum absolute atomic E-state index is 0.163. The van der Waals surface area contributed by atoms with E-state index in [-0.39, 0.29) is 16.6 Å². The first-order valence-corrected chi connectivity index (χ1v) is 9.60. The molecule has 4 nitrogen and oxygen atoms in total. The van der Waals surface area contributed by atoms with Crippen LogP contribution in [0, 0.1) is 0 Å². The highest BCUT2D eigenvalue weighted by Gasteiger charge is 2.26. The number of hydrogen-bond donors (Lipinski definition) is 1. The number of hydrogen-bond acceptors (Lipinski definition) is 5. The number of esters is 1. The number of rotatable bonds is 4. The van der Waals surface area contributed by atoms with Crippen LogP contribution in [-0.4, -0.2) is 18.2 Å². The molecule has 142 valence electrons. The number of methoxy groups -OCH3 is 1. The molecular formula is C21H28O4S. The van der Waals surface area contributed by atoms with Gasteiger partial charge in [-0.15, -0.1) is 11.8 Å². The van der Waals surface area contributed by atoms with Crippen LogP contribution in [0.2, 0.25) is 0 Å². The molecule has 0 spiro atoms. The maximum Gasteiger partial charge on any atom is 0.373 e. The average Bonchev–Trinajstić information content (AvgIpc) is 2.99. The third-order valence-corrected chi connectivity index (χ3v) is 5.13. The second kappa shape index (κ2) is 7.39. The van der Waals surface area contributed by atoms with Crippen molar-refractivity contribution in [2.24, 2.45) is 0 Å². The molecule has 0 aliphatic rings. The smallest absolute Gasteiger partial charge is 0.373 e. The number of phenols is 1. The van der Waals surface area contributed by atoms with E-state index in [9.17, 15) is 9.90 Å². The molecule has 1 N–H and O–H groups in total. The van der Waals surface area contributed by atoms with E-state index >= 15 is 0 Å². The molecule has 0 atom stereocenters. The second-order valence-corrected chi connectivity index (χ2v) is 9.46. The number of ether oxygens (including phenoxy) is 1. The molecule has 0 radical (unpaired) electrons. The van der Waals surface area contributed by atoms with Gasteiger partial charge >= 0.3 is 5.97 Å². The molecule has 0 saturated carbocycles. The van der Waals surface area contributed by atoms with Crippen molar-refractivity contribution in [2.75, 3.05) is 7.11 Å². The number of phenolic OH excluding ortho intramolecular Hbond substituents is 1. The molecule has 2 aromatic rings. The summed E-state index contributed by atoms with van der Waals surface area (Å²) in [5.74, 6) is 1.41. The van der Waals surface area contributed by atoms with Crippen LogP contribution in [0.5, 0.6) is 5.75 Å². The Morgan fingerprint density at radius 3 is 2.08 bits per heavy atom. The molecule has 1 aromatic heterocycles. The standard InChI is InChI=1S/C21H28O4S/c1-20(2,3)15-10-14(11-16(18(15)22)21(4,5)6)26-12-13-8-9-17(25-13)19(23)24-7/h8-11,22H,12H2,1-7H3. The van der Waals surface area contributed by atoms with Gasteiger partial charge in [-0.3, -0.25) is 0 Å². The van der Waals surface area contributed by atoms with Gasteiger partial charge in [0, 0.05) is 16.0 Å². The van der Waals surface area contributed by atoms with Gasteiger partial charge in [0.25, 0.3) is 0 Å². The van der Waals surface area contributed by atoms with E-state index in [0.29, 0.717) is 17.3 Å². The van der Waals surface area contributed by atoms with Crippen molar-refractivity contribution in [1.29, 1.82) is 0 Å². The van der Waals surface area contributed by atoms with Gasteiger partial charge in [-0.25, -0.2) is 4.79 Å². The summed E-state index contributed by atoms with van der Waals surface area (Å²) >= 11 is 1.62. The van der Waals surface area contributed by atoms with E-state index in [2.05, 4.69) is 46.3 Å². The lowest BCUT2D eigenvalue weighted by Gasteiger charge is -2.28. The van der Waals surface area contributed by atoms with E-state index in [1.165, 1.54) is 7.11 Å². The molecule has 0 amide bonds. The van der Waals surface area contributed by atoms with Crippen molar-refractivity contribution in [2.45, 2.75) is 63.0 Å². The minimum Gasteiger partial charge on any atom is -0.507 e. The number of furan rings is 1. The maximum absolute atomic E-state index is 11.5. The monoisotopic (exact) mass is 376 g/mol. The van der Waals surface area contributed by atoms with Crippen LogP contribution in [0.25, 0.3) is 0 Å². The predicted octanol–water partition coefficient (Wildman–Crippen LogP) is 5.66. The molecule has 0 saturated heterocycles. The van der Waals surface area contributed by atoms with Crippen molar-refractivity contribution in [3.63, 3.8) is 0 Å². The Morgan fingerprint density at radius 1 is 1.08 bits per heavy atom. The summed E-state index contributed by atoms with van der Waals surface area (Å²) in [6, 6.07) is 7.49. The summed E-state index contributed by atoms with van der Waals surface area (Å²) in [7, 11) is 1.33. The van der Waals surface area contributed by atoms with E-state index in [1.807, 2.05) is 12.1 Å². The third-order valence-electron chi connectivity index (χ3n) is 4.13. The molecule has 0 fully saturated rings. The Balaban J connectivity index is 2.31. The molecule has 2 rings (SSSR count). The number of benzene rings is 1. The van der Waals surface area contributed by atoms with Crippen molar-refractivity contribution in [3.05, 3.63) is 46.9 Å². The number of thioether (sulfide) groups is 1. The van der Waals surface area contributed by atoms with Crippen molar-refractivity contribution >= 4 is 17.7 Å². The zero-order chi connectivity index (χ0) is 19.7. The first kappa shape index (κ1) is 20.4. The number of aromatic hydroxyl groups is 1. The van der Waals surface area contributed by atoms with Crippen molar-refractivity contribution < 1.29 is 19.1 Å². The fourth-order valence-electron chi connectivity index (χ4n) is 2.65. The van der Waals surface area contributed by atoms with Gasteiger partial charge in [0.1, 0.15) is 11.5 Å². The Hall–Kier alpha value is -1.88. The van der Waals surface area contributed by atoms with Crippen molar-refractivity contribution in [1.82, 2.24) is 0 Å². The molecule has 0 unspecified atom stereocenters. The second-order valence-electron chi connectivity index (χ2n) is 8.41. The quantitative estimate of drug-likeness (QED) is 0.551. The van der Waals surface area contributed by atoms with Gasteiger partial charge in [-0.2, -0.15) is 0 Å². The van der Waals surface area contributed by atoms with E-state index in [0.717, 1.165) is 16.0 Å². The fourth-order valence-corrected chi connectivity index (χ4v) is 3.52. The normalized spacial score (nSPS) is 12.3. The summed E-state index contributed by atoms with van der Waals surface area (Å²) in [6.07, 6.45) is 0. The van der Waals surface area contributed by atoms with Crippen molar-refractivity contribution in [3.8, 4) is 5.75 Å². The Labute approximate surface area is 159 Å². The van der Waals surface area contributed by atoms with Crippen LogP contribution < -0.4 is 0 Å². The fraction of sp³-hybridized carbons (Fsp3) is 0.476. The lowest BCUT2D eigenvalue weighted by molar-refractivity contribution is 0.0563. The molecule has 0 aliphatic heterocycles. The third kappa shape index (κ3) is 4.64. The van der Waals surface area contributed by atoms with Crippen LogP contribution in [0.15, 0.2) is 33.6 Å². The van der Waals surface area contributed by atoms with Crippen LogP contribution in [0.1, 0.15) is 69.0 Å². The van der Waals surface area contributed by atoms with E-state index < -0.39 is 5.97 Å². The first-order chi connectivity index (χ1) is 11.9. The highest BCUT2D eigenvalue weighted by molar-refractivity contribution is 7.98. The highest BCUT2D eigenvalue weighted by Crippen LogP contribution is 2.42. The van der Waals surface area contributed by atoms with Crippen LogP contribution in [0.4, 0.5) is 0 Å². The molecule has 5 heteroatoms. The lowest BCUT2D eigenvalue weighted by atomic mass is 9.79. The number of carbonyl (C=O) groups excluding carboxylic acids is 1. The van der Waals surface area contributed by atoms with Crippen LogP contribution in [0.3, 0.4) is 0 Å². The maximum atomic E-state index is 11.5. The van der Waals surface area contributed by atoms with Gasteiger partial charge in [-0.1, -0.05) is 41.5 Å². The predicted molar refractivity (Wildman–Crippen MR) is 105 cm³/mol. The number of carbonyl (C=O) groups is 1. The Morgan fingerprint density at radius 2 is 1.62 bits per heavy atom. The Kier molecular flexibility index (Phi) is 5.81. The topological polar surface area (TPSA) is 59.7 Å². The van der Waals surface area contributed by atoms with Gasteiger partial charge in [-0.05, 0) is 35.1 Å². The summed E-state index contributed by atoms with van der Waals surface area (Å²) in [6.45, 7) is 12.6. The van der Waals surface area contributed by atoms with Gasteiger partial charge in [0.2, 0.25) is 5.76 Å². The van der Waals surface area contributed by atoms with Crippen LogP contribution >= 0.6 is 11.8 Å². The van der Waals surface area contributed by atoms with E-state index in [1.54, 1.807) is 23.9 Å². The molecule has 0 aliphatic carbocycles. The Bertz CT molecular complexity index is 756. The van der Waals surface area contributed by atoms with E-state index in [4.69, 9.17) is 4.42 Å². The van der Waals surface area contributed by atoms with Gasteiger partial charge in [0.15, 0.2) is 0 Å². The van der Waals surface area contributed by atoms with Gasteiger partial charge < -0.3 is 14.3 Å². The summed E-state index contributed by atoms with van der Waals surface area (Å²) < 4.78 is 10.2. The summed E-state index contributed by atoms with van der Waals surface area (Å²) in [5.41, 5.74) is 1.54. The SMILES string of the molecule is COC(=O)c1ccc(CSc2cc(C(C)(C)C)c(O)c(C(C)(C)C)c2)o1. The zero-order valence-corrected chi connectivity index (χ0v) is 17.4. The van der Waals surface area contributed by atoms with Gasteiger partial charge in [0.05, 0.1) is 12.9 Å². The molecule has 26 heavy (non-hydrogen) atoms. The average molecular weight is 377 g/mol. The lowest BCUT2D eigenvalue weighted by Crippen LogP contribution is -2.17. The molecule has 0 bridgehead atoms. The largest absolute Gasteiger partial charge is 0.507 e. The minimum atomic E-state index is -0.476.